The highest BCUT2D eigenvalue weighted by Crippen LogP contribution is 2.19. The minimum Gasteiger partial charge on any atom is -0.352 e. The number of benzene rings is 1. The summed E-state index contributed by atoms with van der Waals surface area (Å²) in [5.41, 5.74) is 1.94. The summed E-state index contributed by atoms with van der Waals surface area (Å²) in [6, 6.07) is 6.76. The van der Waals surface area contributed by atoms with Gasteiger partial charge in [-0.05, 0) is 24.1 Å². The zero-order chi connectivity index (χ0) is 16.4. The minimum atomic E-state index is -0.187. The van der Waals surface area contributed by atoms with Crippen molar-refractivity contribution in [2.75, 3.05) is 31.1 Å². The van der Waals surface area contributed by atoms with E-state index < -0.39 is 0 Å². The van der Waals surface area contributed by atoms with Crippen LogP contribution < -0.4 is 4.90 Å². The van der Waals surface area contributed by atoms with Crippen molar-refractivity contribution in [1.29, 1.82) is 0 Å². The number of hydrogen-bond donors (Lipinski definition) is 0. The molecule has 1 aliphatic rings. The van der Waals surface area contributed by atoms with Crippen molar-refractivity contribution in [3.05, 3.63) is 54.4 Å². The first-order valence-corrected chi connectivity index (χ1v) is 8.16. The monoisotopic (exact) mass is 326 g/mol. The average molecular weight is 326 g/mol. The molecule has 0 spiro atoms. The summed E-state index contributed by atoms with van der Waals surface area (Å²) in [6.45, 7) is 4.63. The molecule has 1 fully saturated rings. The summed E-state index contributed by atoms with van der Waals surface area (Å²) in [7, 11) is 0. The van der Waals surface area contributed by atoms with E-state index in [0.29, 0.717) is 0 Å². The fourth-order valence-corrected chi connectivity index (χ4v) is 3.16. The van der Waals surface area contributed by atoms with E-state index in [2.05, 4.69) is 25.0 Å². The summed E-state index contributed by atoms with van der Waals surface area (Å²) in [5, 5.41) is 8.14. The minimum absolute atomic E-state index is 0.187. The summed E-state index contributed by atoms with van der Waals surface area (Å²) in [6.07, 6.45) is 6.39. The number of anilines is 1. The highest BCUT2D eigenvalue weighted by atomic mass is 19.1. The molecule has 7 heteroatoms. The van der Waals surface area contributed by atoms with E-state index in [4.69, 9.17) is 0 Å². The first-order chi connectivity index (χ1) is 11.8. The molecule has 0 atom stereocenters. The maximum atomic E-state index is 13.0. The van der Waals surface area contributed by atoms with Gasteiger partial charge in [0, 0.05) is 45.1 Å². The molecule has 0 aliphatic carbocycles. The van der Waals surface area contributed by atoms with E-state index >= 15 is 0 Å². The third-order valence-electron chi connectivity index (χ3n) is 4.40. The van der Waals surface area contributed by atoms with Crippen LogP contribution in [0.15, 0.2) is 43.0 Å². The Morgan fingerprint density at radius 1 is 1.04 bits per heavy atom. The van der Waals surface area contributed by atoms with Crippen molar-refractivity contribution < 1.29 is 4.39 Å². The van der Waals surface area contributed by atoms with Crippen LogP contribution in [0, 0.1) is 5.82 Å². The molecule has 0 saturated carbocycles. The van der Waals surface area contributed by atoms with E-state index in [1.807, 2.05) is 22.7 Å². The smallest absolute Gasteiger partial charge is 0.203 e. The summed E-state index contributed by atoms with van der Waals surface area (Å²) in [5.74, 6) is 0.701. The quantitative estimate of drug-likeness (QED) is 0.736. The van der Waals surface area contributed by atoms with Gasteiger partial charge in [0.05, 0.1) is 0 Å². The van der Waals surface area contributed by atoms with Gasteiger partial charge < -0.3 is 4.90 Å². The molecule has 24 heavy (non-hydrogen) atoms. The van der Waals surface area contributed by atoms with E-state index in [9.17, 15) is 4.39 Å². The lowest BCUT2D eigenvalue weighted by atomic mass is 10.2. The summed E-state index contributed by atoms with van der Waals surface area (Å²) < 4.78 is 14.9. The second-order valence-electron chi connectivity index (χ2n) is 6.06. The van der Waals surface area contributed by atoms with Gasteiger partial charge in [0.1, 0.15) is 12.1 Å². The molecule has 2 aromatic heterocycles. The Hall–Kier alpha value is -2.54. The summed E-state index contributed by atoms with van der Waals surface area (Å²) in [4.78, 5) is 9.18. The molecule has 0 radical (unpaired) electrons. The lowest BCUT2D eigenvalue weighted by Crippen LogP contribution is -2.31. The van der Waals surface area contributed by atoms with Crippen molar-refractivity contribution >= 4 is 11.5 Å². The molecule has 0 bridgehead atoms. The zero-order valence-electron chi connectivity index (χ0n) is 13.3. The largest absolute Gasteiger partial charge is 0.352 e. The molecule has 0 amide bonds. The van der Waals surface area contributed by atoms with Gasteiger partial charge in [0.2, 0.25) is 5.65 Å². The fraction of sp³-hybridized carbons (Fsp3) is 0.353. The van der Waals surface area contributed by atoms with Crippen LogP contribution in [-0.4, -0.2) is 50.7 Å². The molecule has 6 nitrogen and oxygen atoms in total. The van der Waals surface area contributed by atoms with Crippen LogP contribution in [-0.2, 0) is 6.54 Å². The second-order valence-corrected chi connectivity index (χ2v) is 6.06. The topological polar surface area (TPSA) is 49.6 Å². The van der Waals surface area contributed by atoms with E-state index in [1.165, 1.54) is 12.1 Å². The van der Waals surface area contributed by atoms with E-state index in [1.54, 1.807) is 12.5 Å². The molecule has 1 saturated heterocycles. The van der Waals surface area contributed by atoms with Crippen LogP contribution in [0.1, 0.15) is 12.0 Å². The van der Waals surface area contributed by atoms with Gasteiger partial charge in [0.25, 0.3) is 0 Å². The number of aromatic nitrogens is 4. The number of halogens is 1. The van der Waals surface area contributed by atoms with E-state index in [-0.39, 0.29) is 5.82 Å². The van der Waals surface area contributed by atoms with Gasteiger partial charge >= 0.3 is 0 Å². The zero-order valence-corrected chi connectivity index (χ0v) is 13.3. The van der Waals surface area contributed by atoms with Crippen molar-refractivity contribution in [3.8, 4) is 0 Å². The molecule has 0 N–H and O–H groups in total. The Morgan fingerprint density at radius 3 is 2.79 bits per heavy atom. The fourth-order valence-electron chi connectivity index (χ4n) is 3.16. The lowest BCUT2D eigenvalue weighted by Gasteiger charge is -2.22. The molecule has 0 unspecified atom stereocenters. The van der Waals surface area contributed by atoms with Crippen LogP contribution in [0.25, 0.3) is 5.65 Å². The lowest BCUT2D eigenvalue weighted by molar-refractivity contribution is 0.285. The van der Waals surface area contributed by atoms with Gasteiger partial charge in [-0.2, -0.15) is 0 Å². The Bertz CT molecular complexity index is 815. The molecular weight excluding hydrogens is 307 g/mol. The Balaban J connectivity index is 1.46. The second kappa shape index (κ2) is 6.52. The predicted molar refractivity (Wildman–Crippen MR) is 89.3 cm³/mol. The first kappa shape index (κ1) is 15.0. The molecule has 3 aromatic rings. The normalized spacial score (nSPS) is 16.5. The molecule has 4 rings (SSSR count). The average Bonchev–Trinajstić information content (AvgIpc) is 2.97. The van der Waals surface area contributed by atoms with Crippen LogP contribution >= 0.6 is 0 Å². The molecule has 1 aromatic carbocycles. The number of rotatable bonds is 3. The van der Waals surface area contributed by atoms with Crippen molar-refractivity contribution in [1.82, 2.24) is 24.5 Å². The Labute approximate surface area is 139 Å². The number of fused-ring (bicyclic) bond motifs is 1. The Morgan fingerprint density at radius 2 is 1.92 bits per heavy atom. The highest BCUT2D eigenvalue weighted by Gasteiger charge is 2.19. The third-order valence-corrected chi connectivity index (χ3v) is 4.40. The summed E-state index contributed by atoms with van der Waals surface area (Å²) >= 11 is 0. The van der Waals surface area contributed by atoms with E-state index in [0.717, 1.165) is 56.2 Å². The predicted octanol–water partition coefficient (Wildman–Crippen LogP) is 1.98. The maximum Gasteiger partial charge on any atom is 0.203 e. The van der Waals surface area contributed by atoms with Gasteiger partial charge in [-0.1, -0.05) is 12.1 Å². The molecule has 3 heterocycles. The highest BCUT2D eigenvalue weighted by molar-refractivity contribution is 5.63. The first-order valence-electron chi connectivity index (χ1n) is 8.16. The van der Waals surface area contributed by atoms with Crippen LogP contribution in [0.5, 0.6) is 0 Å². The van der Waals surface area contributed by atoms with Crippen molar-refractivity contribution in [2.45, 2.75) is 13.0 Å². The maximum absolute atomic E-state index is 13.0. The van der Waals surface area contributed by atoms with Gasteiger partial charge in [-0.3, -0.25) is 9.30 Å². The molecular formula is C17H19FN6. The number of hydrogen-bond acceptors (Lipinski definition) is 5. The number of nitrogens with zero attached hydrogens (tertiary/aromatic N) is 6. The van der Waals surface area contributed by atoms with Gasteiger partial charge in [-0.25, -0.2) is 9.37 Å². The third kappa shape index (κ3) is 3.07. The Kier molecular flexibility index (Phi) is 4.08. The standard InChI is InChI=1S/C17H19FN6/c18-15-4-2-14(3-5-15)12-22-7-1-8-23(11-10-22)16-17-21-20-13-24(17)9-6-19-16/h2-6,9,13H,1,7-8,10-12H2. The molecule has 124 valence electrons. The molecule has 1 aliphatic heterocycles. The van der Waals surface area contributed by atoms with Crippen molar-refractivity contribution in [2.24, 2.45) is 0 Å². The van der Waals surface area contributed by atoms with Crippen LogP contribution in [0.2, 0.25) is 0 Å². The van der Waals surface area contributed by atoms with Gasteiger partial charge in [-0.15, -0.1) is 10.2 Å². The van der Waals surface area contributed by atoms with Crippen molar-refractivity contribution in [3.63, 3.8) is 0 Å². The van der Waals surface area contributed by atoms with Crippen LogP contribution in [0.4, 0.5) is 10.2 Å². The SMILES string of the molecule is Fc1ccc(CN2CCCN(c3nccn4cnnc34)CC2)cc1. The van der Waals surface area contributed by atoms with Crippen LogP contribution in [0.3, 0.4) is 0 Å². The van der Waals surface area contributed by atoms with Gasteiger partial charge in [0.15, 0.2) is 5.82 Å².